The molecule has 0 aromatic heterocycles. The van der Waals surface area contributed by atoms with Crippen molar-refractivity contribution in [2.24, 2.45) is 0 Å². The molecule has 0 spiro atoms. The molecule has 0 saturated heterocycles. The second kappa shape index (κ2) is 14.7. The van der Waals surface area contributed by atoms with Crippen molar-refractivity contribution in [3.05, 3.63) is 123 Å². The zero-order valence-corrected chi connectivity index (χ0v) is 32.3. The third-order valence-corrected chi connectivity index (χ3v) is 11.8. The van der Waals surface area contributed by atoms with Crippen molar-refractivity contribution in [1.29, 1.82) is 0 Å². The molecular weight excluding hydrogens is 828 g/mol. The van der Waals surface area contributed by atoms with E-state index in [-0.39, 0.29) is 62.4 Å². The Morgan fingerprint density at radius 3 is 1.29 bits per heavy atom. The molecule has 9 rings (SSSR count). The maximum atomic E-state index is 12.5. The van der Waals surface area contributed by atoms with E-state index in [1.807, 2.05) is 0 Å². The molecule has 0 amide bonds. The van der Waals surface area contributed by atoms with Crippen molar-refractivity contribution in [3.63, 3.8) is 0 Å². The number of aliphatic hydroxyl groups excluding tert-OH is 3. The number of phenols is 12. The van der Waals surface area contributed by atoms with Crippen LogP contribution in [0.2, 0.25) is 0 Å². The van der Waals surface area contributed by atoms with Gasteiger partial charge in [-0.3, -0.25) is 0 Å². The molecule has 0 unspecified atom stereocenters. The lowest BCUT2D eigenvalue weighted by atomic mass is 9.73. The minimum atomic E-state index is -1.90. The lowest BCUT2D eigenvalue weighted by Crippen LogP contribution is -2.39. The van der Waals surface area contributed by atoms with Gasteiger partial charge in [-0.15, -0.1) is 0 Å². The van der Waals surface area contributed by atoms with Crippen LogP contribution in [0, 0.1) is 0 Å². The topological polar surface area (TPSA) is 331 Å². The molecule has 3 aliphatic heterocycles. The van der Waals surface area contributed by atoms with Gasteiger partial charge < -0.3 is 90.8 Å². The van der Waals surface area contributed by atoms with Crippen molar-refractivity contribution in [2.75, 3.05) is 0 Å². The quantitative estimate of drug-likeness (QED) is 0.106. The van der Waals surface area contributed by atoms with Gasteiger partial charge >= 0.3 is 0 Å². The predicted octanol–water partition coefficient (Wildman–Crippen LogP) is 4.44. The molecule has 8 atom stereocenters. The van der Waals surface area contributed by atoms with Gasteiger partial charge in [-0.05, 0) is 53.1 Å². The monoisotopic (exact) mass is 866 g/mol. The average molecular weight is 867 g/mol. The van der Waals surface area contributed by atoms with Crippen LogP contribution in [0.1, 0.15) is 74.7 Å². The lowest BCUT2D eigenvalue weighted by molar-refractivity contribution is -0.00562. The predicted molar refractivity (Wildman–Crippen MR) is 214 cm³/mol. The molecule has 0 saturated carbocycles. The maximum Gasteiger partial charge on any atom is 0.157 e. The van der Waals surface area contributed by atoms with Gasteiger partial charge in [-0.1, -0.05) is 18.2 Å². The van der Waals surface area contributed by atoms with Crippen molar-refractivity contribution < 1.29 is 90.8 Å². The number of hydrogen-bond acceptors (Lipinski definition) is 18. The average Bonchev–Trinajstić information content (AvgIpc) is 3.22. The first kappa shape index (κ1) is 40.6. The van der Waals surface area contributed by atoms with E-state index in [1.165, 1.54) is 18.2 Å². The number of ether oxygens (including phenoxy) is 3. The first-order valence-electron chi connectivity index (χ1n) is 19.3. The first-order chi connectivity index (χ1) is 29.9. The second-order valence-corrected chi connectivity index (χ2v) is 15.7. The second-order valence-electron chi connectivity index (χ2n) is 15.7. The van der Waals surface area contributed by atoms with Crippen LogP contribution in [0.5, 0.6) is 86.2 Å². The van der Waals surface area contributed by atoms with Gasteiger partial charge in [0.25, 0.3) is 0 Å². The van der Waals surface area contributed by atoms with Gasteiger partial charge in [-0.2, -0.15) is 0 Å². The molecule has 326 valence electrons. The molecule has 63 heavy (non-hydrogen) atoms. The Labute approximate surface area is 354 Å². The molecule has 0 aliphatic carbocycles. The van der Waals surface area contributed by atoms with Gasteiger partial charge in [0.2, 0.25) is 0 Å². The van der Waals surface area contributed by atoms with Crippen LogP contribution in [0.25, 0.3) is 0 Å². The van der Waals surface area contributed by atoms with Crippen molar-refractivity contribution in [1.82, 2.24) is 0 Å². The molecule has 15 N–H and O–H groups in total. The van der Waals surface area contributed by atoms with E-state index in [4.69, 9.17) is 14.2 Å². The largest absolute Gasteiger partial charge is 0.508 e. The number of rotatable bonds is 5. The van der Waals surface area contributed by atoms with E-state index in [1.54, 1.807) is 0 Å². The summed E-state index contributed by atoms with van der Waals surface area (Å²) in [4.78, 5) is 0. The lowest BCUT2D eigenvalue weighted by Gasteiger charge is -2.43. The number of phenolic OH excluding ortho intramolecular Hbond substituents is 12. The number of aliphatic hydroxyl groups is 3. The molecule has 3 heterocycles. The number of fused-ring (bicyclic) bond motifs is 3. The Hall–Kier alpha value is -7.80. The van der Waals surface area contributed by atoms with Gasteiger partial charge in [0.05, 0.1) is 17.9 Å². The van der Waals surface area contributed by atoms with Crippen LogP contribution in [0.3, 0.4) is 0 Å². The Balaban J connectivity index is 1.31. The van der Waals surface area contributed by atoms with Gasteiger partial charge in [0.1, 0.15) is 70.1 Å². The summed E-state index contributed by atoms with van der Waals surface area (Å²) in [5.41, 5.74) is -1.10. The summed E-state index contributed by atoms with van der Waals surface area (Å²) in [5.74, 6) is -11.5. The smallest absolute Gasteiger partial charge is 0.157 e. The van der Waals surface area contributed by atoms with Crippen LogP contribution in [-0.4, -0.2) is 94.9 Å². The van der Waals surface area contributed by atoms with Crippen molar-refractivity contribution >= 4 is 0 Å². The highest BCUT2D eigenvalue weighted by Gasteiger charge is 2.51. The Kier molecular flexibility index (Phi) is 9.46. The summed E-state index contributed by atoms with van der Waals surface area (Å²) in [5, 5.41) is 166. The molecule has 18 heteroatoms. The third kappa shape index (κ3) is 6.46. The summed E-state index contributed by atoms with van der Waals surface area (Å²) in [7, 11) is 0. The van der Waals surface area contributed by atoms with Crippen LogP contribution in [0.15, 0.2) is 78.9 Å². The van der Waals surface area contributed by atoms with E-state index in [0.29, 0.717) is 0 Å². The summed E-state index contributed by atoms with van der Waals surface area (Å²) in [6.45, 7) is 0. The van der Waals surface area contributed by atoms with Crippen molar-refractivity contribution in [3.8, 4) is 86.2 Å². The highest BCUT2D eigenvalue weighted by molar-refractivity contribution is 5.70. The molecule has 3 aliphatic rings. The first-order valence-corrected chi connectivity index (χ1v) is 19.3. The zero-order chi connectivity index (χ0) is 44.9. The Bertz CT molecular complexity index is 2840. The summed E-state index contributed by atoms with van der Waals surface area (Å²) in [6, 6.07) is 14.4. The summed E-state index contributed by atoms with van der Waals surface area (Å²) >= 11 is 0. The molecule has 6 aromatic rings. The molecule has 0 radical (unpaired) electrons. The van der Waals surface area contributed by atoms with Gasteiger partial charge in [-0.25, -0.2) is 0 Å². The fraction of sp³-hybridized carbons (Fsp3) is 0.200. The number of hydrogen-bond donors (Lipinski definition) is 15. The fourth-order valence-corrected chi connectivity index (χ4v) is 8.94. The SMILES string of the molecule is Oc1cc(O)c2c(c1)O[C@H](c1ccc(O)c(O)c1)[C@H](O)[C@H]2c1c(O)cc(O)c2c1O[C@H](c1ccc(O)c(O)c1)[C@H](O)[C@@H]2c1c(O)cc(O)c2c1O[C@H](c1ccc(O)c(O)c1)[C@@H](O)C2. The zero-order valence-electron chi connectivity index (χ0n) is 32.3. The number of aromatic hydroxyl groups is 12. The molecule has 0 bridgehead atoms. The fourth-order valence-electron chi connectivity index (χ4n) is 8.94. The highest BCUT2D eigenvalue weighted by atomic mass is 16.5. The van der Waals surface area contributed by atoms with Crippen LogP contribution in [-0.2, 0) is 6.42 Å². The summed E-state index contributed by atoms with van der Waals surface area (Å²) < 4.78 is 18.9. The van der Waals surface area contributed by atoms with E-state index < -0.39 is 123 Å². The van der Waals surface area contributed by atoms with Crippen LogP contribution in [0.4, 0.5) is 0 Å². The number of benzene rings is 6. The van der Waals surface area contributed by atoms with Crippen LogP contribution >= 0.6 is 0 Å². The molecule has 6 aromatic carbocycles. The third-order valence-electron chi connectivity index (χ3n) is 11.8. The van der Waals surface area contributed by atoms with Crippen molar-refractivity contribution in [2.45, 2.75) is 54.9 Å². The minimum absolute atomic E-state index is 0.0127. The van der Waals surface area contributed by atoms with E-state index in [0.717, 1.165) is 60.7 Å². The van der Waals surface area contributed by atoms with E-state index in [9.17, 15) is 76.6 Å². The standard InChI is InChI=1S/C45H38O18/c46-18-10-27(54)33-32(11-18)61-42(16-2-5-21(48)25(52)8-16)39(59)37(33)35-29(56)14-30(57)36-38(40(60)43(63-45(35)36)17-3-6-22(49)26(53)9-17)34-28(55)13-23(50)19-12-31(58)41(62-44(19)34)15-1-4-20(47)24(51)7-15/h1-11,13-14,31,37-43,46-60H,12H2/t31-,37+,38+,39+,40+,41+,42+,43+/m0/s1. The van der Waals surface area contributed by atoms with Crippen LogP contribution < -0.4 is 14.2 Å². The van der Waals surface area contributed by atoms with E-state index >= 15 is 0 Å². The summed E-state index contributed by atoms with van der Waals surface area (Å²) in [6.07, 6.45) is -9.93. The minimum Gasteiger partial charge on any atom is -0.508 e. The molecule has 18 nitrogen and oxygen atoms in total. The normalized spacial score (nSPS) is 23.6. The maximum absolute atomic E-state index is 12.5. The van der Waals surface area contributed by atoms with Gasteiger partial charge in [0, 0.05) is 58.5 Å². The Morgan fingerprint density at radius 2 is 0.778 bits per heavy atom. The van der Waals surface area contributed by atoms with E-state index in [2.05, 4.69) is 0 Å². The molecular formula is C45H38O18. The highest BCUT2D eigenvalue weighted by Crippen LogP contribution is 2.62. The Morgan fingerprint density at radius 1 is 0.365 bits per heavy atom. The molecule has 0 fully saturated rings. The van der Waals surface area contributed by atoms with Gasteiger partial charge in [0.15, 0.2) is 46.7 Å².